The predicted molar refractivity (Wildman–Crippen MR) is 126 cm³/mol. The minimum absolute atomic E-state index is 0.0271. The molecule has 33 heavy (non-hydrogen) atoms. The summed E-state index contributed by atoms with van der Waals surface area (Å²) in [6.45, 7) is 0. The van der Waals surface area contributed by atoms with Gasteiger partial charge in [0.15, 0.2) is 4.34 Å². The molecular formula is C20H13N5O5S3. The number of carbonyl (C=O) groups excluding carboxylic acids is 3. The Morgan fingerprint density at radius 2 is 1.97 bits per heavy atom. The van der Waals surface area contributed by atoms with E-state index in [0.29, 0.717) is 31.3 Å². The number of imide groups is 1. The topological polar surface area (TPSA) is 144 Å². The lowest BCUT2D eigenvalue weighted by molar-refractivity contribution is -0.384. The van der Waals surface area contributed by atoms with Gasteiger partial charge in [0.1, 0.15) is 0 Å². The molecule has 1 aliphatic heterocycles. The van der Waals surface area contributed by atoms with E-state index in [9.17, 15) is 24.5 Å². The van der Waals surface area contributed by atoms with Crippen molar-refractivity contribution in [1.82, 2.24) is 15.5 Å². The van der Waals surface area contributed by atoms with E-state index in [1.165, 1.54) is 35.2 Å². The molecule has 0 atom stereocenters. The Balaban J connectivity index is 1.34. The number of hydrogen-bond acceptors (Lipinski definition) is 10. The molecule has 2 N–H and O–H groups in total. The summed E-state index contributed by atoms with van der Waals surface area (Å²) in [5, 5.41) is 23.6. The van der Waals surface area contributed by atoms with Gasteiger partial charge >= 0.3 is 0 Å². The molecule has 0 spiro atoms. The number of rotatable bonds is 7. The van der Waals surface area contributed by atoms with Crippen LogP contribution in [0.5, 0.6) is 0 Å². The summed E-state index contributed by atoms with van der Waals surface area (Å²) in [6, 6.07) is 12.9. The van der Waals surface area contributed by atoms with Gasteiger partial charge in [0.25, 0.3) is 22.7 Å². The smallest absolute Gasteiger partial charge is 0.290 e. The highest BCUT2D eigenvalue weighted by molar-refractivity contribution is 8.18. The standard InChI is InChI=1S/C20H13N5O5S3/c26-16(13-6-4-11(5-7-13)9-15-17(27)22-19(28)32-15)21-18-23-24-20(33-18)31-10-12-2-1-3-14(8-12)25(29)30/h1-9H,10H2,(H,21,23,26)(H,22,27,28)/b15-9+. The number of thioether (sulfide) groups is 2. The summed E-state index contributed by atoms with van der Waals surface area (Å²) in [5.41, 5.74) is 1.87. The first-order valence-electron chi connectivity index (χ1n) is 9.23. The molecule has 0 aliphatic carbocycles. The molecule has 1 aromatic heterocycles. The molecule has 13 heteroatoms. The van der Waals surface area contributed by atoms with Gasteiger partial charge in [0, 0.05) is 23.4 Å². The number of nitrogens with zero attached hydrogens (tertiary/aromatic N) is 3. The molecule has 3 amide bonds. The summed E-state index contributed by atoms with van der Waals surface area (Å²) in [7, 11) is 0. The maximum absolute atomic E-state index is 12.5. The Labute approximate surface area is 199 Å². The Morgan fingerprint density at radius 1 is 1.18 bits per heavy atom. The van der Waals surface area contributed by atoms with Crippen molar-refractivity contribution in [1.29, 1.82) is 0 Å². The number of amides is 3. The molecule has 166 valence electrons. The number of benzene rings is 2. The van der Waals surface area contributed by atoms with E-state index in [1.807, 2.05) is 0 Å². The van der Waals surface area contributed by atoms with Gasteiger partial charge in [0.2, 0.25) is 5.13 Å². The van der Waals surface area contributed by atoms with Gasteiger partial charge in [-0.05, 0) is 41.1 Å². The minimum atomic E-state index is -0.443. The van der Waals surface area contributed by atoms with Crippen LogP contribution in [0, 0.1) is 10.1 Å². The lowest BCUT2D eigenvalue weighted by atomic mass is 10.1. The van der Waals surface area contributed by atoms with Crippen molar-refractivity contribution in [2.45, 2.75) is 10.1 Å². The van der Waals surface area contributed by atoms with Crippen LogP contribution in [0.1, 0.15) is 21.5 Å². The summed E-state index contributed by atoms with van der Waals surface area (Å²) in [6.07, 6.45) is 1.57. The first kappa shape index (κ1) is 22.6. The maximum Gasteiger partial charge on any atom is 0.290 e. The average molecular weight is 500 g/mol. The molecule has 0 saturated carbocycles. The lowest BCUT2D eigenvalue weighted by Crippen LogP contribution is -2.17. The fourth-order valence-corrected chi connectivity index (χ4v) is 5.07. The SMILES string of the molecule is O=C1NC(=O)/C(=C\c2ccc(C(=O)Nc3nnc(SCc4cccc([N+](=O)[O-])c4)s3)cc2)S1. The highest BCUT2D eigenvalue weighted by Crippen LogP contribution is 2.29. The monoisotopic (exact) mass is 499 g/mol. The van der Waals surface area contributed by atoms with Crippen molar-refractivity contribution in [2.75, 3.05) is 5.32 Å². The number of nitro benzene ring substituents is 1. The predicted octanol–water partition coefficient (Wildman–Crippen LogP) is 4.31. The van der Waals surface area contributed by atoms with Gasteiger partial charge < -0.3 is 0 Å². The number of nitro groups is 1. The van der Waals surface area contributed by atoms with Crippen LogP contribution >= 0.6 is 34.9 Å². The molecule has 2 aromatic carbocycles. The van der Waals surface area contributed by atoms with Crippen LogP contribution in [-0.4, -0.2) is 32.2 Å². The number of non-ortho nitro benzene ring substituents is 1. The van der Waals surface area contributed by atoms with Crippen molar-refractivity contribution < 1.29 is 19.3 Å². The largest absolute Gasteiger partial charge is 0.296 e. The molecule has 3 aromatic rings. The summed E-state index contributed by atoms with van der Waals surface area (Å²) >= 11 is 3.38. The number of hydrogen-bond donors (Lipinski definition) is 2. The molecule has 2 heterocycles. The second-order valence-corrected chi connectivity index (χ2v) is 9.73. The first-order chi connectivity index (χ1) is 15.9. The van der Waals surface area contributed by atoms with Crippen LogP contribution in [0.2, 0.25) is 0 Å². The van der Waals surface area contributed by atoms with E-state index in [1.54, 1.807) is 42.5 Å². The van der Waals surface area contributed by atoms with Crippen molar-refractivity contribution in [2.24, 2.45) is 0 Å². The second-order valence-electron chi connectivity index (χ2n) is 6.52. The second kappa shape index (κ2) is 9.94. The zero-order valence-corrected chi connectivity index (χ0v) is 19.0. The van der Waals surface area contributed by atoms with Crippen LogP contribution in [-0.2, 0) is 10.5 Å². The molecular weight excluding hydrogens is 486 g/mol. The molecule has 0 bridgehead atoms. The third-order valence-electron chi connectivity index (χ3n) is 4.22. The Kier molecular flexibility index (Phi) is 6.82. The average Bonchev–Trinajstić information content (AvgIpc) is 3.38. The zero-order valence-electron chi connectivity index (χ0n) is 16.5. The van der Waals surface area contributed by atoms with Crippen LogP contribution in [0.4, 0.5) is 15.6 Å². The molecule has 10 nitrogen and oxygen atoms in total. The number of anilines is 1. The fourth-order valence-electron chi connectivity index (χ4n) is 2.70. The minimum Gasteiger partial charge on any atom is -0.296 e. The Hall–Kier alpha value is -3.55. The van der Waals surface area contributed by atoms with Crippen LogP contribution in [0.3, 0.4) is 0 Å². The van der Waals surface area contributed by atoms with Crippen molar-refractivity contribution in [3.63, 3.8) is 0 Å². The summed E-state index contributed by atoms with van der Waals surface area (Å²) in [4.78, 5) is 46.0. The van der Waals surface area contributed by atoms with Gasteiger partial charge in [-0.15, -0.1) is 10.2 Å². The van der Waals surface area contributed by atoms with Crippen molar-refractivity contribution in [3.8, 4) is 0 Å². The van der Waals surface area contributed by atoms with E-state index in [2.05, 4.69) is 20.8 Å². The molecule has 0 unspecified atom stereocenters. The number of carbonyl (C=O) groups is 3. The van der Waals surface area contributed by atoms with Gasteiger partial charge in [-0.2, -0.15) is 0 Å². The molecule has 1 saturated heterocycles. The van der Waals surface area contributed by atoms with Crippen LogP contribution < -0.4 is 10.6 Å². The van der Waals surface area contributed by atoms with Gasteiger partial charge in [-0.1, -0.05) is 47.4 Å². The molecule has 1 fully saturated rings. The van der Waals surface area contributed by atoms with Crippen molar-refractivity contribution in [3.05, 3.63) is 80.2 Å². The molecule has 1 aliphatic rings. The lowest BCUT2D eigenvalue weighted by Gasteiger charge is -2.02. The van der Waals surface area contributed by atoms with E-state index in [0.717, 1.165) is 17.3 Å². The first-order valence-corrected chi connectivity index (χ1v) is 11.8. The van der Waals surface area contributed by atoms with Gasteiger partial charge in [-0.25, -0.2) is 0 Å². The molecule has 4 rings (SSSR count). The third-order valence-corrected chi connectivity index (χ3v) is 7.08. The van der Waals surface area contributed by atoms with E-state index in [-0.39, 0.29) is 11.6 Å². The number of aromatic nitrogens is 2. The van der Waals surface area contributed by atoms with E-state index >= 15 is 0 Å². The normalized spacial score (nSPS) is 14.4. The van der Waals surface area contributed by atoms with E-state index < -0.39 is 16.1 Å². The van der Waals surface area contributed by atoms with Crippen LogP contribution in [0.25, 0.3) is 6.08 Å². The highest BCUT2D eigenvalue weighted by Gasteiger charge is 2.24. The molecule has 0 radical (unpaired) electrons. The summed E-state index contributed by atoms with van der Waals surface area (Å²) in [5.74, 6) is -0.339. The summed E-state index contributed by atoms with van der Waals surface area (Å²) < 4.78 is 0.612. The zero-order chi connectivity index (χ0) is 23.4. The highest BCUT2D eigenvalue weighted by atomic mass is 32.2. The van der Waals surface area contributed by atoms with Crippen LogP contribution in [0.15, 0.2) is 57.8 Å². The third kappa shape index (κ3) is 5.83. The van der Waals surface area contributed by atoms with Crippen molar-refractivity contribution >= 4 is 68.8 Å². The number of nitrogens with one attached hydrogen (secondary N) is 2. The van der Waals surface area contributed by atoms with Gasteiger partial charge in [-0.3, -0.25) is 35.1 Å². The maximum atomic E-state index is 12.5. The quantitative estimate of drug-likeness (QED) is 0.160. The fraction of sp³-hybridized carbons (Fsp3) is 0.0500. The Bertz CT molecular complexity index is 1290. The van der Waals surface area contributed by atoms with E-state index in [4.69, 9.17) is 0 Å². The van der Waals surface area contributed by atoms with Gasteiger partial charge in [0.05, 0.1) is 9.83 Å². The Morgan fingerprint density at radius 3 is 2.67 bits per heavy atom.